The lowest BCUT2D eigenvalue weighted by molar-refractivity contribution is 0.0240. The van der Waals surface area contributed by atoms with Gasteiger partial charge in [0, 0.05) is 32.2 Å². The number of ether oxygens (including phenoxy) is 1. The second-order valence-electron chi connectivity index (χ2n) is 5.86. The molecule has 0 radical (unpaired) electrons. The number of nitrogens with zero attached hydrogens (tertiary/aromatic N) is 3. The molecule has 0 aromatic carbocycles. The number of amides is 1. The first-order chi connectivity index (χ1) is 9.35. The molecule has 110 valence electrons. The zero-order valence-electron chi connectivity index (χ0n) is 12.2. The summed E-state index contributed by atoms with van der Waals surface area (Å²) in [5, 5.41) is 9.44. The van der Waals surface area contributed by atoms with Gasteiger partial charge in [-0.15, -0.1) is 0 Å². The number of hydrogen-bond donors (Lipinski definition) is 1. The molecule has 1 aromatic heterocycles. The number of pyridine rings is 1. The molecular formula is C14H21N3O3. The van der Waals surface area contributed by atoms with Crippen molar-refractivity contribution in [3.8, 4) is 5.75 Å². The monoisotopic (exact) mass is 279 g/mol. The van der Waals surface area contributed by atoms with Gasteiger partial charge < -0.3 is 19.6 Å². The van der Waals surface area contributed by atoms with Crippen LogP contribution in [0.25, 0.3) is 0 Å². The summed E-state index contributed by atoms with van der Waals surface area (Å²) in [7, 11) is 0. The van der Waals surface area contributed by atoms with Crippen LogP contribution < -0.4 is 4.90 Å². The van der Waals surface area contributed by atoms with Crippen molar-refractivity contribution < 1.29 is 14.6 Å². The summed E-state index contributed by atoms with van der Waals surface area (Å²) in [5.74, 6) is 0.150. The van der Waals surface area contributed by atoms with Crippen LogP contribution in [-0.2, 0) is 4.74 Å². The molecule has 1 amide bonds. The van der Waals surface area contributed by atoms with Gasteiger partial charge in [0.1, 0.15) is 11.4 Å². The minimum Gasteiger partial charge on any atom is -0.506 e. The number of carbonyl (C=O) groups excluding carboxylic acids is 1. The molecule has 0 saturated carbocycles. The van der Waals surface area contributed by atoms with Crippen LogP contribution in [0.2, 0.25) is 0 Å². The van der Waals surface area contributed by atoms with E-state index in [0.29, 0.717) is 26.2 Å². The Hall–Kier alpha value is -1.98. The summed E-state index contributed by atoms with van der Waals surface area (Å²) in [6, 6.07) is 1.68. The highest BCUT2D eigenvalue weighted by atomic mass is 16.6. The topological polar surface area (TPSA) is 65.9 Å². The molecule has 1 aliphatic heterocycles. The zero-order chi connectivity index (χ0) is 14.8. The largest absolute Gasteiger partial charge is 0.506 e. The van der Waals surface area contributed by atoms with E-state index in [2.05, 4.69) is 9.88 Å². The van der Waals surface area contributed by atoms with Crippen LogP contribution in [0.15, 0.2) is 18.5 Å². The Labute approximate surface area is 119 Å². The standard InChI is InChI=1S/C14H21N3O3/c1-14(2,3)20-13(19)17-6-4-16(5-7-17)11-8-12(18)10-15-9-11/h8-10,18H,4-7H2,1-3H3. The lowest BCUT2D eigenvalue weighted by atomic mass is 10.2. The molecule has 1 N–H and O–H groups in total. The lowest BCUT2D eigenvalue weighted by Gasteiger charge is -2.36. The minimum atomic E-state index is -0.469. The number of hydrogen-bond acceptors (Lipinski definition) is 5. The number of piperazine rings is 1. The average Bonchev–Trinajstić information content (AvgIpc) is 2.37. The van der Waals surface area contributed by atoms with E-state index in [1.54, 1.807) is 17.2 Å². The van der Waals surface area contributed by atoms with Gasteiger partial charge in [-0.2, -0.15) is 0 Å². The Balaban J connectivity index is 1.91. The van der Waals surface area contributed by atoms with Crippen molar-refractivity contribution in [2.24, 2.45) is 0 Å². The first-order valence-corrected chi connectivity index (χ1v) is 6.72. The average molecular weight is 279 g/mol. The van der Waals surface area contributed by atoms with Gasteiger partial charge in [-0.1, -0.05) is 0 Å². The maximum atomic E-state index is 11.9. The highest BCUT2D eigenvalue weighted by Crippen LogP contribution is 2.20. The van der Waals surface area contributed by atoms with Gasteiger partial charge in [-0.05, 0) is 20.8 Å². The fraction of sp³-hybridized carbons (Fsp3) is 0.571. The van der Waals surface area contributed by atoms with E-state index < -0.39 is 5.60 Å². The van der Waals surface area contributed by atoms with Gasteiger partial charge in [-0.3, -0.25) is 4.98 Å². The molecule has 1 saturated heterocycles. The van der Waals surface area contributed by atoms with Crippen molar-refractivity contribution in [3.63, 3.8) is 0 Å². The first-order valence-electron chi connectivity index (χ1n) is 6.72. The van der Waals surface area contributed by atoms with Crippen molar-refractivity contribution in [1.29, 1.82) is 0 Å². The number of aromatic nitrogens is 1. The van der Waals surface area contributed by atoms with Crippen LogP contribution >= 0.6 is 0 Å². The molecule has 0 bridgehead atoms. The molecule has 0 unspecified atom stereocenters. The van der Waals surface area contributed by atoms with Gasteiger partial charge in [-0.25, -0.2) is 4.79 Å². The fourth-order valence-corrected chi connectivity index (χ4v) is 2.06. The van der Waals surface area contributed by atoms with Crippen LogP contribution in [0, 0.1) is 0 Å². The smallest absolute Gasteiger partial charge is 0.410 e. The van der Waals surface area contributed by atoms with Crippen LogP contribution in [-0.4, -0.2) is 52.9 Å². The second-order valence-corrected chi connectivity index (χ2v) is 5.86. The molecule has 2 heterocycles. The Morgan fingerprint density at radius 2 is 1.90 bits per heavy atom. The van der Waals surface area contributed by atoms with Gasteiger partial charge in [0.25, 0.3) is 0 Å². The summed E-state index contributed by atoms with van der Waals surface area (Å²) < 4.78 is 5.35. The third kappa shape index (κ3) is 3.76. The quantitative estimate of drug-likeness (QED) is 0.849. The van der Waals surface area contributed by atoms with Crippen LogP contribution in [0.4, 0.5) is 10.5 Å². The molecule has 1 fully saturated rings. The molecule has 6 heteroatoms. The predicted octanol–water partition coefficient (Wildman–Crippen LogP) is 1.84. The summed E-state index contributed by atoms with van der Waals surface area (Å²) in [6.45, 7) is 8.18. The SMILES string of the molecule is CC(C)(C)OC(=O)N1CCN(c2cncc(O)c2)CC1. The first kappa shape index (κ1) is 14.4. The number of aromatic hydroxyl groups is 1. The molecule has 1 aliphatic rings. The van der Waals surface area contributed by atoms with E-state index in [1.807, 2.05) is 20.8 Å². The van der Waals surface area contributed by atoms with Crippen molar-refractivity contribution in [3.05, 3.63) is 18.5 Å². The summed E-state index contributed by atoms with van der Waals surface area (Å²) in [6.07, 6.45) is 2.84. The van der Waals surface area contributed by atoms with E-state index in [9.17, 15) is 9.90 Å². The Bertz CT molecular complexity index is 477. The summed E-state index contributed by atoms with van der Waals surface area (Å²) in [4.78, 5) is 19.7. The van der Waals surface area contributed by atoms with Crippen LogP contribution in [0.1, 0.15) is 20.8 Å². The highest BCUT2D eigenvalue weighted by molar-refractivity contribution is 5.68. The predicted molar refractivity (Wildman–Crippen MR) is 75.9 cm³/mol. The van der Waals surface area contributed by atoms with E-state index in [4.69, 9.17) is 4.74 Å². The number of carbonyl (C=O) groups is 1. The Kier molecular flexibility index (Phi) is 4.01. The van der Waals surface area contributed by atoms with Crippen LogP contribution in [0.5, 0.6) is 5.75 Å². The zero-order valence-corrected chi connectivity index (χ0v) is 12.2. The van der Waals surface area contributed by atoms with Crippen molar-refractivity contribution >= 4 is 11.8 Å². The molecular weight excluding hydrogens is 258 g/mol. The molecule has 0 aliphatic carbocycles. The summed E-state index contributed by atoms with van der Waals surface area (Å²) >= 11 is 0. The highest BCUT2D eigenvalue weighted by Gasteiger charge is 2.26. The summed E-state index contributed by atoms with van der Waals surface area (Å²) in [5.41, 5.74) is 0.400. The Morgan fingerprint density at radius 3 is 2.45 bits per heavy atom. The molecule has 0 atom stereocenters. The van der Waals surface area contributed by atoms with Gasteiger partial charge in [0.05, 0.1) is 18.1 Å². The van der Waals surface area contributed by atoms with Gasteiger partial charge >= 0.3 is 6.09 Å². The van der Waals surface area contributed by atoms with Crippen molar-refractivity contribution in [1.82, 2.24) is 9.88 Å². The second kappa shape index (κ2) is 5.56. The molecule has 0 spiro atoms. The Morgan fingerprint density at radius 1 is 1.25 bits per heavy atom. The van der Waals surface area contributed by atoms with E-state index >= 15 is 0 Å². The molecule has 6 nitrogen and oxygen atoms in total. The van der Waals surface area contributed by atoms with Gasteiger partial charge in [0.2, 0.25) is 0 Å². The fourth-order valence-electron chi connectivity index (χ4n) is 2.06. The third-order valence-electron chi connectivity index (χ3n) is 3.01. The molecule has 2 rings (SSSR count). The maximum Gasteiger partial charge on any atom is 0.410 e. The number of anilines is 1. The van der Waals surface area contributed by atoms with E-state index in [1.165, 1.54) is 6.20 Å². The minimum absolute atomic E-state index is 0.150. The van der Waals surface area contributed by atoms with E-state index in [0.717, 1.165) is 5.69 Å². The number of rotatable bonds is 1. The van der Waals surface area contributed by atoms with Gasteiger partial charge in [0.15, 0.2) is 0 Å². The third-order valence-corrected chi connectivity index (χ3v) is 3.01. The van der Waals surface area contributed by atoms with Crippen molar-refractivity contribution in [2.75, 3.05) is 31.1 Å². The molecule has 1 aromatic rings. The van der Waals surface area contributed by atoms with E-state index in [-0.39, 0.29) is 11.8 Å². The van der Waals surface area contributed by atoms with Crippen LogP contribution in [0.3, 0.4) is 0 Å². The van der Waals surface area contributed by atoms with Crippen molar-refractivity contribution in [2.45, 2.75) is 26.4 Å². The maximum absolute atomic E-state index is 11.9. The lowest BCUT2D eigenvalue weighted by Crippen LogP contribution is -2.50. The normalized spacial score (nSPS) is 16.1. The molecule has 20 heavy (non-hydrogen) atoms.